The average molecular weight is 503 g/mol. The van der Waals surface area contributed by atoms with Crippen molar-refractivity contribution < 1.29 is 23.9 Å². The summed E-state index contributed by atoms with van der Waals surface area (Å²) in [6.07, 6.45) is -0.282. The molecule has 1 fully saturated rings. The summed E-state index contributed by atoms with van der Waals surface area (Å²) < 4.78 is 4.67. The molecule has 182 valence electrons. The maximum absolute atomic E-state index is 13.4. The number of carbonyl (C=O) groups is 4. The van der Waals surface area contributed by atoms with Crippen LogP contribution in [0.25, 0.3) is 0 Å². The van der Waals surface area contributed by atoms with Crippen LogP contribution in [-0.4, -0.2) is 47.0 Å². The van der Waals surface area contributed by atoms with Gasteiger partial charge in [0.1, 0.15) is 6.04 Å². The van der Waals surface area contributed by atoms with Crippen LogP contribution in [0.15, 0.2) is 84.9 Å². The van der Waals surface area contributed by atoms with Crippen molar-refractivity contribution in [2.24, 2.45) is 0 Å². The van der Waals surface area contributed by atoms with Gasteiger partial charge in [-0.3, -0.25) is 24.7 Å². The Hall–Kier alpha value is -4.57. The molecule has 1 heterocycles. The average Bonchev–Trinajstić information content (AvgIpc) is 3.13. The van der Waals surface area contributed by atoms with Crippen LogP contribution in [0.4, 0.5) is 11.4 Å². The smallest absolute Gasteiger partial charge is 0.337 e. The first-order valence-electron chi connectivity index (χ1n) is 11.0. The minimum atomic E-state index is -1.07. The van der Waals surface area contributed by atoms with Gasteiger partial charge in [0.25, 0.3) is 11.8 Å². The zero-order chi connectivity index (χ0) is 25.7. The van der Waals surface area contributed by atoms with E-state index >= 15 is 0 Å². The Bertz CT molecular complexity index is 1300. The maximum Gasteiger partial charge on any atom is 0.337 e. The van der Waals surface area contributed by atoms with E-state index in [-0.39, 0.29) is 11.5 Å². The van der Waals surface area contributed by atoms with Gasteiger partial charge in [0.2, 0.25) is 11.0 Å². The number of benzene rings is 3. The molecular weight excluding hydrogens is 480 g/mol. The normalized spacial score (nSPS) is 15.0. The van der Waals surface area contributed by atoms with Crippen LogP contribution in [-0.2, 0) is 14.3 Å². The summed E-state index contributed by atoms with van der Waals surface area (Å²) in [5.41, 5.74) is 4.34. The monoisotopic (exact) mass is 502 g/mol. The van der Waals surface area contributed by atoms with Gasteiger partial charge in [0.15, 0.2) is 0 Å². The first kappa shape index (κ1) is 24.6. The topological polar surface area (TPSA) is 108 Å². The lowest BCUT2D eigenvalue weighted by Crippen LogP contribution is -2.49. The van der Waals surface area contributed by atoms with Gasteiger partial charge >= 0.3 is 5.97 Å². The van der Waals surface area contributed by atoms with E-state index in [4.69, 9.17) is 12.2 Å². The lowest BCUT2D eigenvalue weighted by Gasteiger charge is -2.24. The number of nitrogens with one attached hydrogen (secondary N) is 2. The van der Waals surface area contributed by atoms with Crippen molar-refractivity contribution in [2.75, 3.05) is 17.3 Å². The molecule has 1 aliphatic rings. The number of hydrogen-bond acceptors (Lipinski definition) is 6. The number of nitrogens with zero attached hydrogens (tertiary/aromatic N) is 2. The van der Waals surface area contributed by atoms with Crippen LogP contribution < -0.4 is 15.6 Å². The standard InChI is InChI=1S/C26H22N4O5S/c1-35-25(34)18-12-14-19(15-13-18)27-22(31)16-21-24(33)29(20-10-6-3-7-11-20)26(36)30(21)28-23(32)17-8-4-2-5-9-17/h2-15,21H,16H2,1H3,(H,27,31)(H,28,32). The Kier molecular flexibility index (Phi) is 7.36. The van der Waals surface area contributed by atoms with Crippen LogP contribution in [0.2, 0.25) is 0 Å². The third kappa shape index (κ3) is 5.23. The number of esters is 1. The highest BCUT2D eigenvalue weighted by molar-refractivity contribution is 7.80. The van der Waals surface area contributed by atoms with Gasteiger partial charge in [-0.1, -0.05) is 36.4 Å². The molecule has 4 rings (SSSR count). The van der Waals surface area contributed by atoms with E-state index in [2.05, 4.69) is 15.5 Å². The zero-order valence-corrected chi connectivity index (χ0v) is 20.0. The van der Waals surface area contributed by atoms with Gasteiger partial charge < -0.3 is 10.1 Å². The summed E-state index contributed by atoms with van der Waals surface area (Å²) in [7, 11) is 1.28. The van der Waals surface area contributed by atoms with Crippen LogP contribution in [0.1, 0.15) is 27.1 Å². The Morgan fingerprint density at radius 2 is 1.50 bits per heavy atom. The molecule has 1 atom stereocenters. The van der Waals surface area contributed by atoms with Crippen LogP contribution in [0.5, 0.6) is 0 Å². The summed E-state index contributed by atoms with van der Waals surface area (Å²) >= 11 is 5.54. The second kappa shape index (κ2) is 10.8. The van der Waals surface area contributed by atoms with Crippen LogP contribution in [0, 0.1) is 0 Å². The van der Waals surface area contributed by atoms with E-state index in [1.165, 1.54) is 29.2 Å². The number of ether oxygens (including phenoxy) is 1. The third-order valence-corrected chi connectivity index (χ3v) is 5.83. The third-order valence-electron chi connectivity index (χ3n) is 5.46. The Morgan fingerprint density at radius 1 is 0.889 bits per heavy atom. The van der Waals surface area contributed by atoms with E-state index in [1.54, 1.807) is 72.8 Å². The van der Waals surface area contributed by atoms with E-state index in [0.717, 1.165) is 0 Å². The van der Waals surface area contributed by atoms with Crippen molar-refractivity contribution in [3.05, 3.63) is 96.1 Å². The highest BCUT2D eigenvalue weighted by atomic mass is 32.1. The van der Waals surface area contributed by atoms with Crippen molar-refractivity contribution in [1.29, 1.82) is 0 Å². The molecule has 1 unspecified atom stereocenters. The molecule has 1 saturated heterocycles. The predicted molar refractivity (Wildman–Crippen MR) is 137 cm³/mol. The Morgan fingerprint density at radius 3 is 2.11 bits per heavy atom. The van der Waals surface area contributed by atoms with Crippen LogP contribution in [0.3, 0.4) is 0 Å². The van der Waals surface area contributed by atoms with Crippen LogP contribution >= 0.6 is 12.2 Å². The fourth-order valence-electron chi connectivity index (χ4n) is 3.67. The second-order valence-corrected chi connectivity index (χ2v) is 8.17. The molecule has 0 saturated carbocycles. The molecule has 0 aromatic heterocycles. The zero-order valence-electron chi connectivity index (χ0n) is 19.2. The summed E-state index contributed by atoms with van der Waals surface area (Å²) in [6, 6.07) is 22.3. The van der Waals surface area contributed by atoms with Gasteiger partial charge in [-0.25, -0.2) is 9.80 Å². The largest absolute Gasteiger partial charge is 0.465 e. The number of rotatable bonds is 7. The molecule has 3 aromatic carbocycles. The highest BCUT2D eigenvalue weighted by Crippen LogP contribution is 2.26. The fourth-order valence-corrected chi connectivity index (χ4v) is 4.04. The molecule has 2 N–H and O–H groups in total. The van der Waals surface area contributed by atoms with Crippen molar-refractivity contribution >= 4 is 52.4 Å². The predicted octanol–water partition coefficient (Wildman–Crippen LogP) is 3.15. The first-order chi connectivity index (χ1) is 17.4. The van der Waals surface area contributed by atoms with E-state index in [9.17, 15) is 19.2 Å². The molecule has 1 aliphatic heterocycles. The summed E-state index contributed by atoms with van der Waals surface area (Å²) in [4.78, 5) is 52.0. The number of hydrazine groups is 1. The second-order valence-electron chi connectivity index (χ2n) is 7.81. The lowest BCUT2D eigenvalue weighted by molar-refractivity contribution is -0.124. The number of carbonyl (C=O) groups excluding carboxylic acids is 4. The quantitative estimate of drug-likeness (QED) is 0.377. The van der Waals surface area contributed by atoms with Crippen molar-refractivity contribution in [1.82, 2.24) is 10.4 Å². The summed E-state index contributed by atoms with van der Waals surface area (Å²) in [5, 5.41) is 4.01. The highest BCUT2D eigenvalue weighted by Gasteiger charge is 2.45. The summed E-state index contributed by atoms with van der Waals surface area (Å²) in [6.45, 7) is 0. The number of hydrogen-bond donors (Lipinski definition) is 2. The molecule has 0 radical (unpaired) electrons. The Balaban J connectivity index is 1.55. The molecule has 0 aliphatic carbocycles. The first-order valence-corrected chi connectivity index (χ1v) is 11.4. The molecule has 9 nitrogen and oxygen atoms in total. The van der Waals surface area contributed by atoms with Crippen molar-refractivity contribution in [3.8, 4) is 0 Å². The van der Waals surface area contributed by atoms with Crippen molar-refractivity contribution in [2.45, 2.75) is 12.5 Å². The van der Waals surface area contributed by atoms with E-state index in [1.807, 2.05) is 0 Å². The SMILES string of the molecule is COC(=O)c1ccc(NC(=O)CC2C(=O)N(c3ccccc3)C(=S)N2NC(=O)c2ccccc2)cc1. The van der Waals surface area contributed by atoms with Gasteiger partial charge in [0, 0.05) is 11.3 Å². The summed E-state index contributed by atoms with van der Waals surface area (Å²) in [5.74, 6) is -1.89. The molecular formula is C26H22N4O5S. The fraction of sp³-hybridized carbons (Fsp3) is 0.115. The molecule has 3 aromatic rings. The minimum absolute atomic E-state index is 0.0516. The van der Waals surface area contributed by atoms with Gasteiger partial charge in [-0.15, -0.1) is 0 Å². The van der Waals surface area contributed by atoms with Gasteiger partial charge in [0.05, 0.1) is 24.8 Å². The number of methoxy groups -OCH3 is 1. The number of para-hydroxylation sites is 1. The van der Waals surface area contributed by atoms with Crippen molar-refractivity contribution in [3.63, 3.8) is 0 Å². The number of anilines is 2. The Labute approximate surface area is 212 Å². The molecule has 0 spiro atoms. The van der Waals surface area contributed by atoms with Gasteiger partial charge in [-0.05, 0) is 60.7 Å². The van der Waals surface area contributed by atoms with Gasteiger partial charge in [-0.2, -0.15) is 0 Å². The number of thiocarbonyl (C=S) groups is 1. The molecule has 36 heavy (non-hydrogen) atoms. The van der Waals surface area contributed by atoms with E-state index < -0.39 is 29.7 Å². The lowest BCUT2D eigenvalue weighted by atomic mass is 10.1. The maximum atomic E-state index is 13.4. The minimum Gasteiger partial charge on any atom is -0.465 e. The molecule has 10 heteroatoms. The molecule has 0 bridgehead atoms. The van der Waals surface area contributed by atoms with E-state index in [0.29, 0.717) is 22.5 Å². The number of amides is 3. The molecule has 3 amide bonds.